The predicted octanol–water partition coefficient (Wildman–Crippen LogP) is 3.93. The molecule has 0 atom stereocenters. The SMILES string of the molecule is CCOC(=O)CCc1nc2cccnc2n(-c2cccc(NC(=O)Nc3ccccc3OC)c2)c1=O. The van der Waals surface area contributed by atoms with E-state index < -0.39 is 17.6 Å². The van der Waals surface area contributed by atoms with Crippen molar-refractivity contribution < 1.29 is 19.1 Å². The molecule has 0 saturated carbocycles. The van der Waals surface area contributed by atoms with E-state index in [9.17, 15) is 14.4 Å². The number of ether oxygens (including phenoxy) is 2. The molecule has 184 valence electrons. The highest BCUT2D eigenvalue weighted by Gasteiger charge is 2.16. The number of carbonyl (C=O) groups is 2. The zero-order chi connectivity index (χ0) is 25.5. The van der Waals surface area contributed by atoms with Gasteiger partial charge in [-0.15, -0.1) is 0 Å². The molecular weight excluding hydrogens is 462 g/mol. The number of aryl methyl sites for hydroxylation is 1. The molecule has 0 aliphatic heterocycles. The number of urea groups is 1. The number of hydrogen-bond acceptors (Lipinski definition) is 7. The smallest absolute Gasteiger partial charge is 0.323 e. The van der Waals surface area contributed by atoms with Crippen molar-refractivity contribution in [2.45, 2.75) is 19.8 Å². The Morgan fingerprint density at radius 1 is 1.03 bits per heavy atom. The van der Waals surface area contributed by atoms with Crippen molar-refractivity contribution in [1.82, 2.24) is 14.5 Å². The number of aromatic nitrogens is 3. The highest BCUT2D eigenvalue weighted by molar-refractivity contribution is 6.00. The summed E-state index contributed by atoms with van der Waals surface area (Å²) in [6.07, 6.45) is 1.73. The molecule has 10 nitrogen and oxygen atoms in total. The Morgan fingerprint density at radius 2 is 1.86 bits per heavy atom. The zero-order valence-corrected chi connectivity index (χ0v) is 19.9. The van der Waals surface area contributed by atoms with Crippen LogP contribution < -0.4 is 20.9 Å². The quantitative estimate of drug-likeness (QED) is 0.361. The molecule has 4 rings (SSSR count). The van der Waals surface area contributed by atoms with Gasteiger partial charge >= 0.3 is 12.0 Å². The summed E-state index contributed by atoms with van der Waals surface area (Å²) in [4.78, 5) is 46.6. The van der Waals surface area contributed by atoms with Gasteiger partial charge in [0, 0.05) is 18.3 Å². The molecule has 0 spiro atoms. The monoisotopic (exact) mass is 487 g/mol. The summed E-state index contributed by atoms with van der Waals surface area (Å²) in [6.45, 7) is 1.99. The molecule has 36 heavy (non-hydrogen) atoms. The number of nitrogens with zero attached hydrogens (tertiary/aromatic N) is 3. The van der Waals surface area contributed by atoms with Crippen LogP contribution in [0, 0.1) is 0 Å². The van der Waals surface area contributed by atoms with Gasteiger partial charge in [-0.1, -0.05) is 18.2 Å². The summed E-state index contributed by atoms with van der Waals surface area (Å²) in [5.74, 6) is 0.126. The molecule has 0 radical (unpaired) electrons. The largest absolute Gasteiger partial charge is 0.495 e. The maximum absolute atomic E-state index is 13.4. The summed E-state index contributed by atoms with van der Waals surface area (Å²) < 4.78 is 11.7. The maximum Gasteiger partial charge on any atom is 0.323 e. The highest BCUT2D eigenvalue weighted by Crippen LogP contribution is 2.23. The number of benzene rings is 2. The molecular formula is C26H25N5O5. The first kappa shape index (κ1) is 24.4. The van der Waals surface area contributed by atoms with Crippen LogP contribution in [0.4, 0.5) is 16.2 Å². The molecule has 2 amide bonds. The van der Waals surface area contributed by atoms with Crippen molar-refractivity contribution in [1.29, 1.82) is 0 Å². The van der Waals surface area contributed by atoms with Crippen molar-refractivity contribution in [3.8, 4) is 11.4 Å². The van der Waals surface area contributed by atoms with Gasteiger partial charge < -0.3 is 20.1 Å². The van der Waals surface area contributed by atoms with Gasteiger partial charge in [-0.05, 0) is 49.4 Å². The fourth-order valence-corrected chi connectivity index (χ4v) is 3.68. The van der Waals surface area contributed by atoms with E-state index in [-0.39, 0.29) is 25.1 Å². The lowest BCUT2D eigenvalue weighted by Crippen LogP contribution is -2.26. The lowest BCUT2D eigenvalue weighted by Gasteiger charge is -2.14. The number of para-hydroxylation sites is 2. The standard InChI is InChI=1S/C26H25N5O5/c1-3-36-23(32)14-13-21-25(33)31(24-20(29-21)11-7-15-27-24)18-9-6-8-17(16-18)28-26(34)30-19-10-4-5-12-22(19)35-2/h4-12,15-16H,3,13-14H2,1-2H3,(H2,28,30,34). The number of anilines is 2. The first-order valence-electron chi connectivity index (χ1n) is 11.3. The van der Waals surface area contributed by atoms with Crippen molar-refractivity contribution in [2.24, 2.45) is 0 Å². The van der Waals surface area contributed by atoms with Gasteiger partial charge in [-0.25, -0.2) is 14.8 Å². The van der Waals surface area contributed by atoms with Crippen LogP contribution in [0.25, 0.3) is 16.9 Å². The molecule has 0 unspecified atom stereocenters. The Bertz CT molecular complexity index is 1470. The third-order valence-electron chi connectivity index (χ3n) is 5.27. The molecule has 2 N–H and O–H groups in total. The number of amides is 2. The van der Waals surface area contributed by atoms with Gasteiger partial charge in [-0.3, -0.25) is 14.2 Å². The molecule has 0 saturated heterocycles. The number of pyridine rings is 1. The zero-order valence-electron chi connectivity index (χ0n) is 19.9. The predicted molar refractivity (Wildman–Crippen MR) is 136 cm³/mol. The van der Waals surface area contributed by atoms with E-state index in [2.05, 4.69) is 20.6 Å². The molecule has 0 fully saturated rings. The van der Waals surface area contributed by atoms with Gasteiger partial charge in [0.1, 0.15) is 17.0 Å². The maximum atomic E-state index is 13.4. The Hall–Kier alpha value is -4.73. The first-order valence-corrected chi connectivity index (χ1v) is 11.3. The Morgan fingerprint density at radius 3 is 2.67 bits per heavy atom. The molecule has 2 heterocycles. The summed E-state index contributed by atoms with van der Waals surface area (Å²) >= 11 is 0. The van der Waals surface area contributed by atoms with Crippen LogP contribution in [0.2, 0.25) is 0 Å². The van der Waals surface area contributed by atoms with Gasteiger partial charge in [0.15, 0.2) is 5.65 Å². The fourth-order valence-electron chi connectivity index (χ4n) is 3.68. The topological polar surface area (TPSA) is 124 Å². The second kappa shape index (κ2) is 11.1. The number of nitrogens with one attached hydrogen (secondary N) is 2. The first-order chi connectivity index (χ1) is 17.5. The van der Waals surface area contributed by atoms with Gasteiger partial charge in [0.25, 0.3) is 5.56 Å². The fraction of sp³-hybridized carbons (Fsp3) is 0.192. The van der Waals surface area contributed by atoms with Crippen molar-refractivity contribution >= 4 is 34.5 Å². The highest BCUT2D eigenvalue weighted by atomic mass is 16.5. The molecule has 0 aliphatic carbocycles. The normalized spacial score (nSPS) is 10.6. The van der Waals surface area contributed by atoms with E-state index in [1.807, 2.05) is 0 Å². The summed E-state index contributed by atoms with van der Waals surface area (Å²) in [7, 11) is 1.52. The van der Waals surface area contributed by atoms with Crippen molar-refractivity contribution in [3.63, 3.8) is 0 Å². The second-order valence-corrected chi connectivity index (χ2v) is 7.68. The molecule has 0 bridgehead atoms. The average Bonchev–Trinajstić information content (AvgIpc) is 2.88. The van der Waals surface area contributed by atoms with E-state index in [4.69, 9.17) is 9.47 Å². The number of fused-ring (bicyclic) bond motifs is 1. The molecule has 4 aromatic rings. The number of carbonyl (C=O) groups excluding carboxylic acids is 2. The third-order valence-corrected chi connectivity index (χ3v) is 5.27. The molecule has 0 aliphatic rings. The van der Waals surface area contributed by atoms with Crippen LogP contribution in [-0.4, -0.2) is 40.3 Å². The van der Waals surface area contributed by atoms with Crippen LogP contribution in [-0.2, 0) is 16.0 Å². The summed E-state index contributed by atoms with van der Waals surface area (Å²) in [6, 6.07) is 16.8. The van der Waals surface area contributed by atoms with E-state index in [0.29, 0.717) is 34.0 Å². The minimum atomic E-state index is -0.475. The van der Waals surface area contributed by atoms with E-state index in [0.717, 1.165) is 0 Å². The Balaban J connectivity index is 1.65. The number of rotatable bonds is 8. The molecule has 10 heteroatoms. The number of methoxy groups -OCH3 is 1. The van der Waals surface area contributed by atoms with E-state index in [1.165, 1.54) is 11.7 Å². The van der Waals surface area contributed by atoms with Crippen LogP contribution in [0.5, 0.6) is 5.75 Å². The van der Waals surface area contributed by atoms with Crippen LogP contribution in [0.1, 0.15) is 19.0 Å². The lowest BCUT2D eigenvalue weighted by atomic mass is 10.2. The third kappa shape index (κ3) is 5.49. The lowest BCUT2D eigenvalue weighted by molar-refractivity contribution is -0.143. The summed E-state index contributed by atoms with van der Waals surface area (Å²) in [5.41, 5.74) is 2.14. The van der Waals surface area contributed by atoms with Gasteiger partial charge in [0.05, 0.1) is 31.5 Å². The van der Waals surface area contributed by atoms with Crippen molar-refractivity contribution in [2.75, 3.05) is 24.4 Å². The van der Waals surface area contributed by atoms with Gasteiger partial charge in [-0.2, -0.15) is 0 Å². The minimum absolute atomic E-state index is 0.0343. The molecule has 2 aromatic carbocycles. The van der Waals surface area contributed by atoms with Crippen LogP contribution >= 0.6 is 0 Å². The number of esters is 1. The molecule has 2 aromatic heterocycles. The van der Waals surface area contributed by atoms with Crippen LogP contribution in [0.3, 0.4) is 0 Å². The van der Waals surface area contributed by atoms with E-state index >= 15 is 0 Å². The second-order valence-electron chi connectivity index (χ2n) is 7.68. The summed E-state index contributed by atoms with van der Waals surface area (Å²) in [5, 5.41) is 5.52. The number of hydrogen-bond donors (Lipinski definition) is 2. The average molecular weight is 488 g/mol. The van der Waals surface area contributed by atoms with Gasteiger partial charge in [0.2, 0.25) is 0 Å². The Kier molecular flexibility index (Phi) is 7.54. The Labute approximate surface area is 206 Å². The van der Waals surface area contributed by atoms with Crippen molar-refractivity contribution in [3.05, 3.63) is 82.9 Å². The van der Waals surface area contributed by atoms with Crippen LogP contribution in [0.15, 0.2) is 71.7 Å². The van der Waals surface area contributed by atoms with E-state index in [1.54, 1.807) is 73.8 Å². The minimum Gasteiger partial charge on any atom is -0.495 e.